The molecular weight excluding hydrogens is 323 g/mol. The molecule has 18 heavy (non-hydrogen) atoms. The summed E-state index contributed by atoms with van der Waals surface area (Å²) >= 11 is 2.76. The van der Waals surface area contributed by atoms with E-state index in [9.17, 15) is 28.1 Å². The van der Waals surface area contributed by atoms with Crippen LogP contribution in [0.1, 0.15) is 11.1 Å². The van der Waals surface area contributed by atoms with Crippen LogP contribution in [0.5, 0.6) is 0 Å². The van der Waals surface area contributed by atoms with Crippen LogP contribution in [0.15, 0.2) is 16.6 Å². The third-order valence-corrected chi connectivity index (χ3v) is 2.44. The molecule has 0 unspecified atom stereocenters. The van der Waals surface area contributed by atoms with Gasteiger partial charge in [-0.15, -0.1) is 0 Å². The lowest BCUT2D eigenvalue weighted by Gasteiger charge is -2.10. The predicted octanol–water partition coefficient (Wildman–Crippen LogP) is 3.00. The molecule has 5 nitrogen and oxygen atoms in total. The molecule has 0 fully saturated rings. The summed E-state index contributed by atoms with van der Waals surface area (Å²) in [5, 5.41) is 19.2. The fraction of sp³-hybridized carbons (Fsp3) is 0.222. The number of halogens is 4. The lowest BCUT2D eigenvalue weighted by molar-refractivity contribution is -0.388. The fourth-order valence-electron chi connectivity index (χ4n) is 1.39. The largest absolute Gasteiger partial charge is 0.481 e. The van der Waals surface area contributed by atoms with Gasteiger partial charge in [-0.2, -0.15) is 13.2 Å². The van der Waals surface area contributed by atoms with Gasteiger partial charge in [-0.3, -0.25) is 14.9 Å². The highest BCUT2D eigenvalue weighted by molar-refractivity contribution is 9.10. The number of hydrogen-bond acceptors (Lipinski definition) is 3. The molecule has 0 saturated carbocycles. The summed E-state index contributed by atoms with van der Waals surface area (Å²) in [6.45, 7) is 0. The second-order valence-corrected chi connectivity index (χ2v) is 4.20. The zero-order valence-electron chi connectivity index (χ0n) is 8.49. The average Bonchev–Trinajstić information content (AvgIpc) is 2.13. The van der Waals surface area contributed by atoms with Gasteiger partial charge >= 0.3 is 12.1 Å². The number of carbonyl (C=O) groups is 1. The first-order valence-electron chi connectivity index (χ1n) is 4.38. The minimum atomic E-state index is -4.93. The zero-order chi connectivity index (χ0) is 14.1. The summed E-state index contributed by atoms with van der Waals surface area (Å²) in [4.78, 5) is 19.9. The summed E-state index contributed by atoms with van der Waals surface area (Å²) in [5.41, 5.74) is -3.21. The highest BCUT2D eigenvalue weighted by Crippen LogP contribution is 2.40. The number of carboxylic acid groups (broad SMARTS) is 1. The van der Waals surface area contributed by atoms with Gasteiger partial charge in [0.25, 0.3) is 5.69 Å². The zero-order valence-corrected chi connectivity index (χ0v) is 10.1. The highest BCUT2D eigenvalue weighted by atomic mass is 79.9. The van der Waals surface area contributed by atoms with E-state index in [1.165, 1.54) is 0 Å². The molecule has 0 bridgehead atoms. The molecule has 0 aliphatic rings. The second kappa shape index (κ2) is 4.92. The Morgan fingerprint density at radius 2 is 2.00 bits per heavy atom. The first kappa shape index (κ1) is 14.4. The van der Waals surface area contributed by atoms with Crippen LogP contribution >= 0.6 is 15.9 Å². The van der Waals surface area contributed by atoms with E-state index in [2.05, 4.69) is 15.9 Å². The van der Waals surface area contributed by atoms with E-state index in [1.807, 2.05) is 0 Å². The first-order chi connectivity index (χ1) is 8.12. The van der Waals surface area contributed by atoms with E-state index in [1.54, 1.807) is 0 Å². The van der Waals surface area contributed by atoms with Crippen LogP contribution in [0.2, 0.25) is 0 Å². The van der Waals surface area contributed by atoms with Crippen LogP contribution < -0.4 is 0 Å². The van der Waals surface area contributed by atoms with E-state index in [0.717, 1.165) is 6.07 Å². The van der Waals surface area contributed by atoms with Gasteiger partial charge < -0.3 is 5.11 Å². The maximum atomic E-state index is 12.6. The van der Waals surface area contributed by atoms with E-state index in [-0.39, 0.29) is 4.47 Å². The summed E-state index contributed by atoms with van der Waals surface area (Å²) in [7, 11) is 0. The number of nitrogens with zero attached hydrogens (tertiary/aromatic N) is 1. The Kier molecular flexibility index (Phi) is 3.95. The van der Waals surface area contributed by atoms with Crippen LogP contribution in [0.4, 0.5) is 18.9 Å². The fourth-order valence-corrected chi connectivity index (χ4v) is 1.89. The molecule has 1 rings (SSSR count). The number of alkyl halides is 3. The summed E-state index contributed by atoms with van der Waals surface area (Å²) in [6.07, 6.45) is -5.79. The number of aliphatic carboxylic acids is 1. The molecule has 0 radical (unpaired) electrons. The molecule has 1 N–H and O–H groups in total. The number of hydrogen-bond donors (Lipinski definition) is 1. The third kappa shape index (κ3) is 3.19. The Morgan fingerprint density at radius 3 is 2.39 bits per heavy atom. The molecule has 1 aromatic carbocycles. The van der Waals surface area contributed by atoms with Gasteiger partial charge in [0, 0.05) is 10.0 Å². The van der Waals surface area contributed by atoms with E-state index < -0.39 is 40.3 Å². The second-order valence-electron chi connectivity index (χ2n) is 3.29. The van der Waals surface area contributed by atoms with Gasteiger partial charge in [0.1, 0.15) is 5.56 Å². The number of nitro groups is 1. The molecule has 0 spiro atoms. The van der Waals surface area contributed by atoms with Crippen molar-refractivity contribution in [2.45, 2.75) is 12.6 Å². The number of rotatable bonds is 3. The minimum Gasteiger partial charge on any atom is -0.481 e. The van der Waals surface area contributed by atoms with Crippen molar-refractivity contribution in [2.75, 3.05) is 0 Å². The standard InChI is InChI=1S/C9H5BrF3NO4/c10-5-1-4(2-7(15)16)8(14(17)18)6(3-5)9(11,12)13/h1,3H,2H2,(H,15,16). The molecule has 1 aromatic rings. The van der Waals surface area contributed by atoms with Crippen molar-refractivity contribution < 1.29 is 28.0 Å². The van der Waals surface area contributed by atoms with Crippen LogP contribution in [-0.2, 0) is 17.4 Å². The SMILES string of the molecule is O=C(O)Cc1cc(Br)cc(C(F)(F)F)c1[N+](=O)[O-]. The molecule has 0 aromatic heterocycles. The van der Waals surface area contributed by atoms with Gasteiger partial charge in [0.15, 0.2) is 0 Å². The van der Waals surface area contributed by atoms with E-state index in [4.69, 9.17) is 5.11 Å². The Morgan fingerprint density at radius 1 is 1.44 bits per heavy atom. The van der Waals surface area contributed by atoms with Crippen LogP contribution in [0.3, 0.4) is 0 Å². The van der Waals surface area contributed by atoms with Crippen molar-refractivity contribution in [3.8, 4) is 0 Å². The predicted molar refractivity (Wildman–Crippen MR) is 57.1 cm³/mol. The number of carboxylic acids is 1. The maximum absolute atomic E-state index is 12.6. The Labute approximate surface area is 106 Å². The number of benzene rings is 1. The van der Waals surface area contributed by atoms with Gasteiger partial charge in [-0.1, -0.05) is 15.9 Å². The summed E-state index contributed by atoms with van der Waals surface area (Å²) in [6, 6.07) is 1.53. The smallest absolute Gasteiger partial charge is 0.423 e. The average molecular weight is 328 g/mol. The monoisotopic (exact) mass is 327 g/mol. The third-order valence-electron chi connectivity index (χ3n) is 1.98. The van der Waals surface area contributed by atoms with Crippen molar-refractivity contribution in [3.05, 3.63) is 37.8 Å². The van der Waals surface area contributed by atoms with E-state index >= 15 is 0 Å². The van der Waals surface area contributed by atoms with Crippen LogP contribution in [-0.4, -0.2) is 16.0 Å². The van der Waals surface area contributed by atoms with Crippen molar-refractivity contribution in [1.29, 1.82) is 0 Å². The van der Waals surface area contributed by atoms with E-state index in [0.29, 0.717) is 6.07 Å². The molecule has 0 aliphatic carbocycles. The molecule has 0 atom stereocenters. The van der Waals surface area contributed by atoms with Crippen molar-refractivity contribution >= 4 is 27.6 Å². The molecule has 98 valence electrons. The van der Waals surface area contributed by atoms with Gasteiger partial charge in [-0.05, 0) is 12.1 Å². The molecule has 9 heteroatoms. The van der Waals surface area contributed by atoms with Crippen LogP contribution in [0, 0.1) is 10.1 Å². The maximum Gasteiger partial charge on any atom is 0.423 e. The van der Waals surface area contributed by atoms with Gasteiger partial charge in [0.2, 0.25) is 0 Å². The lowest BCUT2D eigenvalue weighted by atomic mass is 10.0. The molecular formula is C9H5BrF3NO4. The molecule has 0 aliphatic heterocycles. The van der Waals surface area contributed by atoms with Crippen molar-refractivity contribution in [1.82, 2.24) is 0 Å². The van der Waals surface area contributed by atoms with Crippen molar-refractivity contribution in [2.24, 2.45) is 0 Å². The Balaban J connectivity index is 3.56. The number of nitro benzene ring substituents is 1. The lowest BCUT2D eigenvalue weighted by Crippen LogP contribution is -2.13. The first-order valence-corrected chi connectivity index (χ1v) is 5.18. The molecule has 0 amide bonds. The minimum absolute atomic E-state index is 0.0725. The summed E-state index contributed by atoms with van der Waals surface area (Å²) < 4.78 is 37.8. The summed E-state index contributed by atoms with van der Waals surface area (Å²) in [5.74, 6) is -1.45. The van der Waals surface area contributed by atoms with Crippen LogP contribution in [0.25, 0.3) is 0 Å². The Hall–Kier alpha value is -1.64. The van der Waals surface area contributed by atoms with Crippen molar-refractivity contribution in [3.63, 3.8) is 0 Å². The molecule has 0 heterocycles. The molecule has 0 saturated heterocycles. The highest BCUT2D eigenvalue weighted by Gasteiger charge is 2.40. The normalized spacial score (nSPS) is 11.3. The quantitative estimate of drug-likeness (QED) is 0.683. The van der Waals surface area contributed by atoms with Gasteiger partial charge in [0.05, 0.1) is 11.3 Å². The Bertz CT molecular complexity index is 515. The topological polar surface area (TPSA) is 80.4 Å². The van der Waals surface area contributed by atoms with Gasteiger partial charge in [-0.25, -0.2) is 0 Å².